The SMILES string of the molecule is CCOc1cccc(CN2CCC3(CC2)CC(O)CCO3)c1. The number of hydrogen-bond acceptors (Lipinski definition) is 4. The first-order chi connectivity index (χ1) is 10.7. The molecule has 2 saturated heterocycles. The molecule has 1 N–H and O–H groups in total. The summed E-state index contributed by atoms with van der Waals surface area (Å²) in [6.07, 6.45) is 3.46. The molecule has 0 radical (unpaired) electrons. The van der Waals surface area contributed by atoms with E-state index >= 15 is 0 Å². The molecule has 0 amide bonds. The van der Waals surface area contributed by atoms with Crippen LogP contribution in [0.2, 0.25) is 0 Å². The number of aliphatic hydroxyl groups excluding tert-OH is 1. The van der Waals surface area contributed by atoms with Crippen molar-refractivity contribution in [3.8, 4) is 5.75 Å². The fraction of sp³-hybridized carbons (Fsp3) is 0.667. The molecule has 1 aromatic carbocycles. The van der Waals surface area contributed by atoms with Crippen molar-refractivity contribution in [2.75, 3.05) is 26.3 Å². The lowest BCUT2D eigenvalue weighted by atomic mass is 9.83. The van der Waals surface area contributed by atoms with Gasteiger partial charge in [0.25, 0.3) is 0 Å². The number of nitrogens with zero attached hydrogens (tertiary/aromatic N) is 1. The summed E-state index contributed by atoms with van der Waals surface area (Å²) in [5.41, 5.74) is 1.23. The van der Waals surface area contributed by atoms with Crippen LogP contribution in [0.3, 0.4) is 0 Å². The number of aliphatic hydroxyl groups is 1. The van der Waals surface area contributed by atoms with Gasteiger partial charge in [-0.3, -0.25) is 4.90 Å². The molecule has 0 bridgehead atoms. The molecule has 4 nitrogen and oxygen atoms in total. The molecule has 22 heavy (non-hydrogen) atoms. The molecular weight excluding hydrogens is 278 g/mol. The Hall–Kier alpha value is -1.10. The van der Waals surface area contributed by atoms with Gasteiger partial charge in [-0.05, 0) is 43.9 Å². The Balaban J connectivity index is 1.54. The van der Waals surface area contributed by atoms with Crippen LogP contribution in [0.15, 0.2) is 24.3 Å². The second-order valence-corrected chi connectivity index (χ2v) is 6.53. The van der Waals surface area contributed by atoms with E-state index in [1.54, 1.807) is 0 Å². The second-order valence-electron chi connectivity index (χ2n) is 6.53. The summed E-state index contributed by atoms with van der Waals surface area (Å²) in [5.74, 6) is 0.951. The van der Waals surface area contributed by atoms with Crippen molar-refractivity contribution in [2.24, 2.45) is 0 Å². The average Bonchev–Trinajstić information content (AvgIpc) is 2.51. The summed E-state index contributed by atoms with van der Waals surface area (Å²) in [5, 5.41) is 9.90. The van der Waals surface area contributed by atoms with Crippen LogP contribution in [0.1, 0.15) is 38.2 Å². The fourth-order valence-corrected chi connectivity index (χ4v) is 3.63. The van der Waals surface area contributed by atoms with Gasteiger partial charge in [0.15, 0.2) is 0 Å². The highest BCUT2D eigenvalue weighted by Gasteiger charge is 2.39. The van der Waals surface area contributed by atoms with Crippen molar-refractivity contribution in [3.63, 3.8) is 0 Å². The molecule has 0 saturated carbocycles. The maximum absolute atomic E-state index is 9.90. The Kier molecular flexibility index (Phi) is 5.01. The quantitative estimate of drug-likeness (QED) is 0.928. The van der Waals surface area contributed by atoms with E-state index in [0.717, 1.165) is 51.1 Å². The molecule has 0 aromatic heterocycles. The third kappa shape index (κ3) is 3.80. The van der Waals surface area contributed by atoms with Gasteiger partial charge in [0.1, 0.15) is 5.75 Å². The van der Waals surface area contributed by atoms with Crippen molar-refractivity contribution >= 4 is 0 Å². The van der Waals surface area contributed by atoms with Crippen molar-refractivity contribution in [1.29, 1.82) is 0 Å². The van der Waals surface area contributed by atoms with E-state index in [4.69, 9.17) is 9.47 Å². The minimum atomic E-state index is -0.178. The summed E-state index contributed by atoms with van der Waals surface area (Å²) in [7, 11) is 0. The topological polar surface area (TPSA) is 41.9 Å². The smallest absolute Gasteiger partial charge is 0.119 e. The maximum atomic E-state index is 9.90. The average molecular weight is 305 g/mol. The molecule has 2 aliphatic rings. The highest BCUT2D eigenvalue weighted by molar-refractivity contribution is 5.28. The summed E-state index contributed by atoms with van der Waals surface area (Å²) in [4.78, 5) is 2.47. The summed E-state index contributed by atoms with van der Waals surface area (Å²) in [6, 6.07) is 8.37. The second kappa shape index (κ2) is 6.99. The van der Waals surface area contributed by atoms with Crippen LogP contribution in [0, 0.1) is 0 Å². The number of hydrogen-bond donors (Lipinski definition) is 1. The molecule has 0 aliphatic carbocycles. The van der Waals surface area contributed by atoms with Gasteiger partial charge < -0.3 is 14.6 Å². The summed E-state index contributed by atoms with van der Waals surface area (Å²) >= 11 is 0. The van der Waals surface area contributed by atoms with Gasteiger partial charge in [-0.25, -0.2) is 0 Å². The Morgan fingerprint density at radius 1 is 1.36 bits per heavy atom. The standard InChI is InChI=1S/C18H27NO3/c1-2-21-17-5-3-4-15(12-17)14-19-9-7-18(8-10-19)13-16(20)6-11-22-18/h3-5,12,16,20H,2,6-11,13-14H2,1H3. The highest BCUT2D eigenvalue weighted by atomic mass is 16.5. The van der Waals surface area contributed by atoms with E-state index in [2.05, 4.69) is 23.1 Å². The minimum absolute atomic E-state index is 0.0681. The van der Waals surface area contributed by atoms with E-state index < -0.39 is 0 Å². The fourth-order valence-electron chi connectivity index (χ4n) is 3.63. The lowest BCUT2D eigenvalue weighted by molar-refractivity contribution is -0.143. The normalized spacial score (nSPS) is 25.3. The van der Waals surface area contributed by atoms with Gasteiger partial charge in [-0.1, -0.05) is 12.1 Å². The van der Waals surface area contributed by atoms with Crippen LogP contribution in [0.25, 0.3) is 0 Å². The van der Waals surface area contributed by atoms with Gasteiger partial charge in [-0.2, -0.15) is 0 Å². The molecular formula is C18H27NO3. The van der Waals surface area contributed by atoms with Gasteiger partial charge in [0.2, 0.25) is 0 Å². The first kappa shape index (κ1) is 15.8. The summed E-state index contributed by atoms with van der Waals surface area (Å²) in [6.45, 7) is 6.44. The Morgan fingerprint density at radius 3 is 2.91 bits per heavy atom. The third-order valence-electron chi connectivity index (χ3n) is 4.85. The minimum Gasteiger partial charge on any atom is -0.494 e. The van der Waals surface area contributed by atoms with Crippen molar-refractivity contribution in [2.45, 2.75) is 50.9 Å². The Bertz CT molecular complexity index is 483. The highest BCUT2D eigenvalue weighted by Crippen LogP contribution is 2.35. The Morgan fingerprint density at radius 2 is 2.18 bits per heavy atom. The predicted octanol–water partition coefficient (Wildman–Crippen LogP) is 2.59. The number of likely N-dealkylation sites (tertiary alicyclic amines) is 1. The van der Waals surface area contributed by atoms with Crippen LogP contribution in [0.4, 0.5) is 0 Å². The van der Waals surface area contributed by atoms with E-state index in [-0.39, 0.29) is 11.7 Å². The number of ether oxygens (including phenoxy) is 2. The largest absolute Gasteiger partial charge is 0.494 e. The molecule has 1 atom stereocenters. The molecule has 1 spiro atoms. The monoisotopic (exact) mass is 305 g/mol. The van der Waals surface area contributed by atoms with E-state index in [1.165, 1.54) is 5.56 Å². The zero-order valence-corrected chi connectivity index (χ0v) is 13.5. The van der Waals surface area contributed by atoms with Crippen LogP contribution in [-0.4, -0.2) is 48.0 Å². The van der Waals surface area contributed by atoms with Crippen LogP contribution < -0.4 is 4.74 Å². The lowest BCUT2D eigenvalue weighted by Crippen LogP contribution is -2.50. The van der Waals surface area contributed by atoms with Crippen molar-refractivity contribution in [1.82, 2.24) is 4.90 Å². The van der Waals surface area contributed by atoms with Crippen LogP contribution >= 0.6 is 0 Å². The molecule has 3 rings (SSSR count). The molecule has 2 fully saturated rings. The number of benzene rings is 1. The zero-order chi connectivity index (χ0) is 15.4. The van der Waals surface area contributed by atoms with Crippen LogP contribution in [0.5, 0.6) is 5.75 Å². The lowest BCUT2D eigenvalue weighted by Gasteiger charge is -2.45. The predicted molar refractivity (Wildman–Crippen MR) is 86.0 cm³/mol. The summed E-state index contributed by atoms with van der Waals surface area (Å²) < 4.78 is 11.6. The van der Waals surface area contributed by atoms with Crippen LogP contribution in [-0.2, 0) is 11.3 Å². The van der Waals surface area contributed by atoms with E-state index in [1.807, 2.05) is 13.0 Å². The third-order valence-corrected chi connectivity index (χ3v) is 4.85. The molecule has 1 unspecified atom stereocenters. The van der Waals surface area contributed by atoms with Crippen molar-refractivity contribution < 1.29 is 14.6 Å². The van der Waals surface area contributed by atoms with Gasteiger partial charge in [0, 0.05) is 32.7 Å². The van der Waals surface area contributed by atoms with Crippen molar-refractivity contribution in [3.05, 3.63) is 29.8 Å². The molecule has 122 valence electrons. The number of rotatable bonds is 4. The van der Waals surface area contributed by atoms with E-state index in [0.29, 0.717) is 13.2 Å². The van der Waals surface area contributed by atoms with Gasteiger partial charge in [-0.15, -0.1) is 0 Å². The maximum Gasteiger partial charge on any atom is 0.119 e. The van der Waals surface area contributed by atoms with E-state index in [9.17, 15) is 5.11 Å². The molecule has 2 aliphatic heterocycles. The Labute approximate surface area is 133 Å². The van der Waals surface area contributed by atoms with Gasteiger partial charge in [0.05, 0.1) is 18.3 Å². The molecule has 4 heteroatoms. The molecule has 1 aromatic rings. The molecule has 2 heterocycles. The zero-order valence-electron chi connectivity index (χ0n) is 13.5. The first-order valence-corrected chi connectivity index (χ1v) is 8.45. The first-order valence-electron chi connectivity index (χ1n) is 8.45. The van der Waals surface area contributed by atoms with Gasteiger partial charge >= 0.3 is 0 Å². The number of piperidine rings is 1.